The maximum absolute atomic E-state index is 11.9. The van der Waals surface area contributed by atoms with Crippen molar-refractivity contribution in [3.8, 4) is 0 Å². The topological polar surface area (TPSA) is 42.4 Å². The number of hydrogen-bond acceptors (Lipinski definition) is 3. The fourth-order valence-electron chi connectivity index (χ4n) is 1.74. The van der Waals surface area contributed by atoms with Crippen molar-refractivity contribution in [1.29, 1.82) is 0 Å². The zero-order valence-corrected chi connectivity index (χ0v) is 12.9. The second kappa shape index (κ2) is 6.04. The van der Waals surface area contributed by atoms with Gasteiger partial charge in [0.05, 0.1) is 25.5 Å². The predicted octanol–water partition coefficient (Wildman–Crippen LogP) is 1.59. The summed E-state index contributed by atoms with van der Waals surface area (Å²) in [6.07, 6.45) is 6.48. The highest BCUT2D eigenvalue weighted by Crippen LogP contribution is 2.28. The molecular weight excluding hydrogens is 316 g/mol. The number of nitrogens with zero attached hydrogens (tertiary/aromatic N) is 2. The number of ether oxygens (including phenoxy) is 1. The molecule has 0 radical (unpaired) electrons. The molecule has 1 aromatic rings. The van der Waals surface area contributed by atoms with Crippen molar-refractivity contribution in [2.45, 2.75) is 6.42 Å². The molecule has 0 aliphatic carbocycles. The van der Waals surface area contributed by atoms with E-state index in [1.165, 1.54) is 0 Å². The van der Waals surface area contributed by atoms with Crippen LogP contribution in [-0.4, -0.2) is 42.5 Å². The third-order valence-corrected chi connectivity index (χ3v) is 4.08. The minimum atomic E-state index is 0.0580. The number of carbonyl (C=O) groups excluding carboxylic acids is 1. The van der Waals surface area contributed by atoms with E-state index in [1.807, 2.05) is 6.07 Å². The van der Waals surface area contributed by atoms with Crippen molar-refractivity contribution in [1.82, 2.24) is 4.98 Å². The number of pyridine rings is 1. The smallest absolute Gasteiger partial charge is 0.234 e. The van der Waals surface area contributed by atoms with Crippen LogP contribution < -0.4 is 4.90 Å². The maximum atomic E-state index is 11.9. The molecule has 1 aliphatic rings. The van der Waals surface area contributed by atoms with Crippen molar-refractivity contribution in [2.24, 2.45) is 0 Å². The molecule has 6 heteroatoms. The Morgan fingerprint density at radius 3 is 3.06 bits per heavy atom. The maximum Gasteiger partial charge on any atom is 0.234 e. The summed E-state index contributed by atoms with van der Waals surface area (Å²) in [7, 11) is 0.374. The number of aromatic nitrogens is 1. The Morgan fingerprint density at radius 2 is 2.33 bits per heavy atom. The van der Waals surface area contributed by atoms with Crippen LogP contribution in [0.3, 0.4) is 0 Å². The fraction of sp³-hybridized carbons (Fsp3) is 0.500. The highest BCUT2D eigenvalue weighted by molar-refractivity contribution is 9.10. The first-order chi connectivity index (χ1) is 8.58. The van der Waals surface area contributed by atoms with Crippen LogP contribution in [0.15, 0.2) is 16.7 Å². The number of halogens is 1. The highest BCUT2D eigenvalue weighted by atomic mass is 79.9. The number of carbonyl (C=O) groups is 1. The van der Waals surface area contributed by atoms with Crippen LogP contribution in [0.2, 0.25) is 0 Å². The largest absolute Gasteiger partial charge is 0.356 e. The van der Waals surface area contributed by atoms with Crippen molar-refractivity contribution >= 4 is 38.5 Å². The standard InChI is InChI=1S/C12H16BrN2O2S/c1-18(2)4-3-17-8-15-11(16)6-9-5-10(13)7-14-12(9)15/h5,7H,3-4,6,8H2,1-2H3/q+1. The Hall–Kier alpha value is -0.590. The summed E-state index contributed by atoms with van der Waals surface area (Å²) in [6.45, 7) is 0.990. The molecule has 0 saturated carbocycles. The highest BCUT2D eigenvalue weighted by Gasteiger charge is 2.28. The lowest BCUT2D eigenvalue weighted by Crippen LogP contribution is -2.30. The van der Waals surface area contributed by atoms with Gasteiger partial charge in [0.25, 0.3) is 0 Å². The lowest BCUT2D eigenvalue weighted by molar-refractivity contribution is -0.118. The van der Waals surface area contributed by atoms with Gasteiger partial charge >= 0.3 is 0 Å². The van der Waals surface area contributed by atoms with E-state index in [0.29, 0.717) is 30.7 Å². The Balaban J connectivity index is 1.96. The van der Waals surface area contributed by atoms with Crippen LogP contribution in [0.5, 0.6) is 0 Å². The van der Waals surface area contributed by atoms with E-state index in [0.717, 1.165) is 21.6 Å². The molecule has 0 N–H and O–H groups in total. The first kappa shape index (κ1) is 13.8. The molecule has 2 rings (SSSR count). The van der Waals surface area contributed by atoms with E-state index < -0.39 is 0 Å². The zero-order valence-electron chi connectivity index (χ0n) is 10.5. The average molecular weight is 332 g/mol. The molecule has 1 aliphatic heterocycles. The zero-order chi connectivity index (χ0) is 13.1. The van der Waals surface area contributed by atoms with E-state index in [9.17, 15) is 4.79 Å². The normalized spacial score (nSPS) is 14.4. The van der Waals surface area contributed by atoms with Gasteiger partial charge in [-0.05, 0) is 32.9 Å². The lowest BCUT2D eigenvalue weighted by Gasteiger charge is -2.15. The molecule has 2 heterocycles. The molecule has 0 unspecified atom stereocenters. The number of amides is 1. The van der Waals surface area contributed by atoms with E-state index in [4.69, 9.17) is 4.74 Å². The minimum Gasteiger partial charge on any atom is -0.356 e. The van der Waals surface area contributed by atoms with Crippen molar-refractivity contribution < 1.29 is 9.53 Å². The second-order valence-corrected chi connectivity index (χ2v) is 7.66. The summed E-state index contributed by atoms with van der Waals surface area (Å²) in [6, 6.07) is 1.94. The van der Waals surface area contributed by atoms with Crippen LogP contribution in [-0.2, 0) is 26.8 Å². The third kappa shape index (κ3) is 3.24. The fourth-order valence-corrected chi connectivity index (χ4v) is 2.57. The molecule has 0 fully saturated rings. The molecule has 4 nitrogen and oxygen atoms in total. The van der Waals surface area contributed by atoms with Gasteiger partial charge in [-0.25, -0.2) is 4.98 Å². The van der Waals surface area contributed by atoms with Crippen molar-refractivity contribution in [2.75, 3.05) is 36.5 Å². The lowest BCUT2D eigenvalue weighted by atomic mass is 10.2. The van der Waals surface area contributed by atoms with E-state index in [-0.39, 0.29) is 5.91 Å². The number of hydrogen-bond donors (Lipinski definition) is 0. The second-order valence-electron chi connectivity index (χ2n) is 4.36. The van der Waals surface area contributed by atoms with Crippen LogP contribution in [0.25, 0.3) is 0 Å². The van der Waals surface area contributed by atoms with E-state index >= 15 is 0 Å². The van der Waals surface area contributed by atoms with Crippen LogP contribution >= 0.6 is 15.9 Å². The summed E-state index contributed by atoms with van der Waals surface area (Å²) in [5.74, 6) is 1.82. The molecule has 0 aromatic carbocycles. The molecular formula is C12H16BrN2O2S+. The summed E-state index contributed by atoms with van der Waals surface area (Å²) in [5.41, 5.74) is 0.962. The Bertz CT molecular complexity index is 454. The number of fused-ring (bicyclic) bond motifs is 1. The molecule has 18 heavy (non-hydrogen) atoms. The van der Waals surface area contributed by atoms with Gasteiger partial charge in [0, 0.05) is 16.2 Å². The minimum absolute atomic E-state index is 0.0580. The van der Waals surface area contributed by atoms with Crippen LogP contribution in [0.4, 0.5) is 5.82 Å². The van der Waals surface area contributed by atoms with Crippen LogP contribution in [0.1, 0.15) is 5.56 Å². The van der Waals surface area contributed by atoms with E-state index in [1.54, 1.807) is 11.1 Å². The SMILES string of the molecule is C[S+](C)CCOCN1C(=O)Cc2cc(Br)cnc21. The van der Waals surface area contributed by atoms with Gasteiger partial charge in [-0.3, -0.25) is 9.69 Å². The van der Waals surface area contributed by atoms with Gasteiger partial charge in [0.15, 0.2) is 0 Å². The quantitative estimate of drug-likeness (QED) is 0.607. The van der Waals surface area contributed by atoms with Crippen LogP contribution in [0, 0.1) is 0 Å². The first-order valence-electron chi connectivity index (χ1n) is 5.64. The molecule has 0 atom stereocenters. The van der Waals surface area contributed by atoms with Gasteiger partial charge in [-0.2, -0.15) is 0 Å². The summed E-state index contributed by atoms with van der Waals surface area (Å²) in [5, 5.41) is 0. The summed E-state index contributed by atoms with van der Waals surface area (Å²) < 4.78 is 6.45. The van der Waals surface area contributed by atoms with E-state index in [2.05, 4.69) is 33.4 Å². The Kier molecular flexibility index (Phi) is 4.64. The summed E-state index contributed by atoms with van der Waals surface area (Å²) >= 11 is 3.36. The van der Waals surface area contributed by atoms with Gasteiger partial charge in [-0.15, -0.1) is 0 Å². The molecule has 0 spiro atoms. The van der Waals surface area contributed by atoms with Gasteiger partial charge < -0.3 is 4.74 Å². The monoisotopic (exact) mass is 331 g/mol. The van der Waals surface area contributed by atoms with Crippen molar-refractivity contribution in [3.05, 3.63) is 22.3 Å². The molecule has 1 aromatic heterocycles. The molecule has 0 saturated heterocycles. The third-order valence-electron chi connectivity index (χ3n) is 2.66. The van der Waals surface area contributed by atoms with Gasteiger partial charge in [-0.1, -0.05) is 0 Å². The molecule has 1 amide bonds. The predicted molar refractivity (Wildman–Crippen MR) is 78.0 cm³/mol. The number of anilines is 1. The van der Waals surface area contributed by atoms with Crippen molar-refractivity contribution in [3.63, 3.8) is 0 Å². The van der Waals surface area contributed by atoms with Gasteiger partial charge in [0.1, 0.15) is 18.3 Å². The van der Waals surface area contributed by atoms with Gasteiger partial charge in [0.2, 0.25) is 5.91 Å². The first-order valence-corrected chi connectivity index (χ1v) is 8.65. The Labute approximate surface area is 118 Å². The molecule has 98 valence electrons. The number of rotatable bonds is 5. The Morgan fingerprint density at radius 1 is 1.56 bits per heavy atom. The summed E-state index contributed by atoms with van der Waals surface area (Å²) in [4.78, 5) is 17.8. The average Bonchev–Trinajstić information content (AvgIpc) is 2.59. The molecule has 0 bridgehead atoms.